The zero-order valence-corrected chi connectivity index (χ0v) is 14.5. The predicted molar refractivity (Wildman–Crippen MR) is 93.0 cm³/mol. The highest BCUT2D eigenvalue weighted by atomic mass is 16.5. The summed E-state index contributed by atoms with van der Waals surface area (Å²) in [7, 11) is 0. The lowest BCUT2D eigenvalue weighted by molar-refractivity contribution is -0.136. The smallest absolute Gasteiger partial charge is 0.314 e. The van der Waals surface area contributed by atoms with E-state index in [0.29, 0.717) is 26.4 Å². The summed E-state index contributed by atoms with van der Waals surface area (Å²) in [6.45, 7) is 4.45. The molecule has 25 heavy (non-hydrogen) atoms. The molecular formula is C18H26N2O5. The summed E-state index contributed by atoms with van der Waals surface area (Å²) in [5.41, 5.74) is 0.956. The molecule has 1 aromatic rings. The van der Waals surface area contributed by atoms with Gasteiger partial charge < -0.3 is 25.2 Å². The van der Waals surface area contributed by atoms with Crippen LogP contribution in [-0.2, 0) is 14.9 Å². The van der Waals surface area contributed by atoms with Gasteiger partial charge in [-0.2, -0.15) is 0 Å². The number of ether oxygens (including phenoxy) is 2. The van der Waals surface area contributed by atoms with Crippen LogP contribution in [0, 0.1) is 0 Å². The number of carbonyl (C=O) groups excluding carboxylic acids is 1. The number of benzene rings is 1. The summed E-state index contributed by atoms with van der Waals surface area (Å²) in [4.78, 5) is 22.4. The quantitative estimate of drug-likeness (QED) is 0.665. The minimum atomic E-state index is -0.935. The van der Waals surface area contributed by atoms with Crippen LogP contribution in [0.5, 0.6) is 5.75 Å². The van der Waals surface area contributed by atoms with Gasteiger partial charge in [0, 0.05) is 31.7 Å². The molecule has 1 aromatic carbocycles. The van der Waals surface area contributed by atoms with E-state index in [4.69, 9.17) is 14.6 Å². The third kappa shape index (κ3) is 5.63. The first-order valence-electron chi connectivity index (χ1n) is 8.60. The van der Waals surface area contributed by atoms with Crippen molar-refractivity contribution in [2.24, 2.45) is 0 Å². The minimum absolute atomic E-state index is 0.0920. The van der Waals surface area contributed by atoms with Crippen LogP contribution in [-0.4, -0.2) is 50.0 Å². The second-order valence-electron chi connectivity index (χ2n) is 6.10. The molecule has 0 aliphatic carbocycles. The zero-order valence-electron chi connectivity index (χ0n) is 14.5. The number of rotatable bonds is 8. The van der Waals surface area contributed by atoms with Crippen LogP contribution in [0.4, 0.5) is 4.79 Å². The van der Waals surface area contributed by atoms with Crippen molar-refractivity contribution in [2.75, 3.05) is 32.9 Å². The highest BCUT2D eigenvalue weighted by Gasteiger charge is 2.34. The van der Waals surface area contributed by atoms with E-state index < -0.39 is 5.97 Å². The highest BCUT2D eigenvalue weighted by molar-refractivity contribution is 5.75. The van der Waals surface area contributed by atoms with Crippen LogP contribution in [0.2, 0.25) is 0 Å². The Labute approximate surface area is 147 Å². The summed E-state index contributed by atoms with van der Waals surface area (Å²) in [6, 6.07) is 7.63. The SMILES string of the molecule is CCOc1ccc(C2(CNC(=O)NCCC(=O)O)CCOCC2)cc1. The van der Waals surface area contributed by atoms with Gasteiger partial charge in [-0.3, -0.25) is 4.79 Å². The normalized spacial score (nSPS) is 16.0. The standard InChI is InChI=1S/C18H26N2O5/c1-2-25-15-5-3-14(4-6-15)18(8-11-24-12-9-18)13-20-17(23)19-10-7-16(21)22/h3-6H,2,7-13H2,1H3,(H,21,22)(H2,19,20,23). The van der Waals surface area contributed by atoms with Crippen LogP contribution < -0.4 is 15.4 Å². The molecule has 3 N–H and O–H groups in total. The number of urea groups is 1. The van der Waals surface area contributed by atoms with Gasteiger partial charge in [0.1, 0.15) is 5.75 Å². The van der Waals surface area contributed by atoms with Crippen molar-refractivity contribution < 1.29 is 24.2 Å². The molecular weight excluding hydrogens is 324 g/mol. The van der Waals surface area contributed by atoms with E-state index in [-0.39, 0.29) is 24.4 Å². The zero-order chi connectivity index (χ0) is 18.1. The fraction of sp³-hybridized carbons (Fsp3) is 0.556. The Balaban J connectivity index is 1.99. The lowest BCUT2D eigenvalue weighted by atomic mass is 9.74. The molecule has 1 heterocycles. The van der Waals surface area contributed by atoms with Gasteiger partial charge in [0.25, 0.3) is 0 Å². The highest BCUT2D eigenvalue weighted by Crippen LogP contribution is 2.35. The summed E-state index contributed by atoms with van der Waals surface area (Å²) >= 11 is 0. The molecule has 2 rings (SSSR count). The van der Waals surface area contributed by atoms with Gasteiger partial charge in [-0.1, -0.05) is 12.1 Å². The summed E-state index contributed by atoms with van der Waals surface area (Å²) in [6.07, 6.45) is 1.54. The molecule has 138 valence electrons. The Kier molecular flexibility index (Phi) is 7.06. The lowest BCUT2D eigenvalue weighted by Crippen LogP contribution is -2.47. The van der Waals surface area contributed by atoms with E-state index in [1.54, 1.807) is 0 Å². The first kappa shape index (κ1) is 19.1. The number of aliphatic carboxylic acids is 1. The van der Waals surface area contributed by atoms with E-state index in [0.717, 1.165) is 24.2 Å². The molecule has 7 heteroatoms. The Morgan fingerprint density at radius 2 is 1.88 bits per heavy atom. The van der Waals surface area contributed by atoms with Crippen LogP contribution >= 0.6 is 0 Å². The lowest BCUT2D eigenvalue weighted by Gasteiger charge is -2.38. The van der Waals surface area contributed by atoms with Crippen molar-refractivity contribution in [3.05, 3.63) is 29.8 Å². The molecule has 0 saturated carbocycles. The number of carboxylic acid groups (broad SMARTS) is 1. The van der Waals surface area contributed by atoms with Crippen LogP contribution in [0.3, 0.4) is 0 Å². The van der Waals surface area contributed by atoms with Crippen LogP contribution in [0.15, 0.2) is 24.3 Å². The molecule has 1 fully saturated rings. The molecule has 1 saturated heterocycles. The average Bonchev–Trinajstić information content (AvgIpc) is 2.61. The Morgan fingerprint density at radius 3 is 2.48 bits per heavy atom. The Bertz CT molecular complexity index is 567. The molecule has 0 unspecified atom stereocenters. The van der Waals surface area contributed by atoms with Crippen LogP contribution in [0.1, 0.15) is 31.7 Å². The Morgan fingerprint density at radius 1 is 1.20 bits per heavy atom. The van der Waals surface area contributed by atoms with Crippen molar-refractivity contribution in [3.8, 4) is 5.75 Å². The molecule has 1 aliphatic rings. The van der Waals surface area contributed by atoms with Gasteiger partial charge in [0.15, 0.2) is 0 Å². The predicted octanol–water partition coefficient (Wildman–Crippen LogP) is 1.91. The van der Waals surface area contributed by atoms with Gasteiger partial charge in [-0.25, -0.2) is 4.79 Å². The topological polar surface area (TPSA) is 96.9 Å². The van der Waals surface area contributed by atoms with Gasteiger partial charge in [0.2, 0.25) is 0 Å². The number of hydrogen-bond acceptors (Lipinski definition) is 4. The van der Waals surface area contributed by atoms with Crippen molar-refractivity contribution in [3.63, 3.8) is 0 Å². The molecule has 0 aromatic heterocycles. The number of carboxylic acids is 1. The van der Waals surface area contributed by atoms with Gasteiger partial charge in [-0.05, 0) is 37.5 Å². The summed E-state index contributed by atoms with van der Waals surface area (Å²) in [5, 5.41) is 14.1. The van der Waals surface area contributed by atoms with E-state index in [2.05, 4.69) is 10.6 Å². The largest absolute Gasteiger partial charge is 0.494 e. The van der Waals surface area contributed by atoms with Crippen molar-refractivity contribution >= 4 is 12.0 Å². The van der Waals surface area contributed by atoms with Gasteiger partial charge in [-0.15, -0.1) is 0 Å². The van der Waals surface area contributed by atoms with Crippen molar-refractivity contribution in [1.29, 1.82) is 0 Å². The maximum Gasteiger partial charge on any atom is 0.314 e. The second kappa shape index (κ2) is 9.27. The van der Waals surface area contributed by atoms with E-state index in [1.165, 1.54) is 0 Å². The second-order valence-corrected chi connectivity index (χ2v) is 6.10. The van der Waals surface area contributed by atoms with Crippen LogP contribution in [0.25, 0.3) is 0 Å². The molecule has 2 amide bonds. The maximum atomic E-state index is 11.9. The third-order valence-electron chi connectivity index (χ3n) is 4.44. The Hall–Kier alpha value is -2.28. The fourth-order valence-corrected chi connectivity index (χ4v) is 3.00. The summed E-state index contributed by atoms with van der Waals surface area (Å²) in [5.74, 6) is -0.108. The first-order chi connectivity index (χ1) is 12.1. The van der Waals surface area contributed by atoms with E-state index >= 15 is 0 Å². The van der Waals surface area contributed by atoms with Crippen molar-refractivity contribution in [1.82, 2.24) is 10.6 Å². The fourth-order valence-electron chi connectivity index (χ4n) is 3.00. The monoisotopic (exact) mass is 350 g/mol. The van der Waals surface area contributed by atoms with Gasteiger partial charge in [0.05, 0.1) is 13.0 Å². The molecule has 0 spiro atoms. The summed E-state index contributed by atoms with van der Waals surface area (Å²) < 4.78 is 11.0. The molecule has 0 atom stereocenters. The molecule has 0 radical (unpaired) electrons. The van der Waals surface area contributed by atoms with Gasteiger partial charge >= 0.3 is 12.0 Å². The van der Waals surface area contributed by atoms with E-state index in [1.807, 2.05) is 31.2 Å². The number of carbonyl (C=O) groups is 2. The molecule has 1 aliphatic heterocycles. The third-order valence-corrected chi connectivity index (χ3v) is 4.44. The average molecular weight is 350 g/mol. The van der Waals surface area contributed by atoms with Crippen molar-refractivity contribution in [2.45, 2.75) is 31.6 Å². The molecule has 0 bridgehead atoms. The first-order valence-corrected chi connectivity index (χ1v) is 8.60. The van der Waals surface area contributed by atoms with E-state index in [9.17, 15) is 9.59 Å². The molecule has 7 nitrogen and oxygen atoms in total. The number of amides is 2. The number of nitrogens with one attached hydrogen (secondary N) is 2. The number of hydrogen-bond donors (Lipinski definition) is 3. The minimum Gasteiger partial charge on any atom is -0.494 e. The maximum absolute atomic E-state index is 11.9.